The van der Waals surface area contributed by atoms with Crippen LogP contribution < -0.4 is 14.8 Å². The Labute approximate surface area is 423 Å². The Morgan fingerprint density at radius 2 is 1.13 bits per heavy atom. The number of benzene rings is 2. The molecule has 0 aromatic heterocycles. The van der Waals surface area contributed by atoms with Gasteiger partial charge in [-0.2, -0.15) is 0 Å². The molecule has 0 aliphatic carbocycles. The number of hydrogen-bond donors (Lipinski definition) is 1. The number of fused-ring (bicyclic) bond motifs is 2. The number of nitrogens with one attached hydrogen (secondary N) is 1. The average molecular weight is 1040 g/mol. The summed E-state index contributed by atoms with van der Waals surface area (Å²) in [7, 11) is -9.24. The molecule has 0 spiro atoms. The smallest absolute Gasteiger partial charge is 0.407 e. The second kappa shape index (κ2) is 23.5. The summed E-state index contributed by atoms with van der Waals surface area (Å²) in [6.45, 7) is 39.2. The molecule has 1 amide bonds. The highest BCUT2D eigenvalue weighted by Gasteiger charge is 2.42. The third-order valence-corrected chi connectivity index (χ3v) is 17.1. The number of amides is 1. The molecule has 4 rings (SSSR count). The van der Waals surface area contributed by atoms with Gasteiger partial charge in [-0.1, -0.05) is 62.5 Å². The van der Waals surface area contributed by atoms with Crippen LogP contribution in [0.4, 0.5) is 4.79 Å². The minimum absolute atomic E-state index is 0.0791. The van der Waals surface area contributed by atoms with Crippen molar-refractivity contribution in [3.63, 3.8) is 0 Å². The van der Waals surface area contributed by atoms with Gasteiger partial charge in [-0.25, -0.2) is 4.79 Å². The van der Waals surface area contributed by atoms with Gasteiger partial charge in [0, 0.05) is 90.2 Å². The third kappa shape index (κ3) is 21.6. The van der Waals surface area contributed by atoms with Gasteiger partial charge in [0.2, 0.25) is 11.6 Å². The quantitative estimate of drug-likeness (QED) is 0.0638. The molecule has 15 nitrogen and oxygen atoms in total. The monoisotopic (exact) mass is 1040 g/mol. The zero-order valence-corrected chi connectivity index (χ0v) is 49.2. The van der Waals surface area contributed by atoms with Gasteiger partial charge in [0.25, 0.3) is 0 Å². The first-order valence-corrected chi connectivity index (χ1v) is 32.2. The minimum atomic E-state index is -3.95. The lowest BCUT2D eigenvalue weighted by Crippen LogP contribution is -2.46. The molecule has 1 N–H and O–H groups in total. The highest BCUT2D eigenvalue weighted by Crippen LogP contribution is 2.57. The van der Waals surface area contributed by atoms with Crippen LogP contribution in [0.15, 0.2) is 36.4 Å². The first kappa shape index (κ1) is 60.2. The summed E-state index contributed by atoms with van der Waals surface area (Å²) in [5, 5.41) is 2.95. The Hall–Kier alpha value is -2.33. The molecule has 0 fully saturated rings. The molecule has 0 unspecified atom stereocenters. The Morgan fingerprint density at radius 1 is 0.686 bits per heavy atom. The fourth-order valence-electron chi connectivity index (χ4n) is 8.17. The molecule has 400 valence electrons. The van der Waals surface area contributed by atoms with Crippen molar-refractivity contribution in [1.29, 1.82) is 0 Å². The summed E-state index contributed by atoms with van der Waals surface area (Å²) in [5.74, 6) is -0.341. The lowest BCUT2D eigenvalue weighted by atomic mass is 10.0. The van der Waals surface area contributed by atoms with Crippen molar-refractivity contribution in [2.75, 3.05) is 32.3 Å². The van der Waals surface area contributed by atoms with Gasteiger partial charge in [-0.15, -0.1) is 0 Å². The van der Waals surface area contributed by atoms with E-state index in [4.69, 9.17) is 41.8 Å². The maximum atomic E-state index is 15.6. The van der Waals surface area contributed by atoms with Gasteiger partial charge in [0.05, 0.1) is 42.2 Å². The number of alkyl carbamates (subject to hydrolysis) is 1. The second-order valence-electron chi connectivity index (χ2n) is 25.0. The second-order valence-corrected chi connectivity index (χ2v) is 34.4. The molecule has 18 heteroatoms. The molecular formula is C52H91N3O12P2Si. The van der Waals surface area contributed by atoms with Crippen LogP contribution in [0.2, 0.25) is 25.7 Å². The Kier molecular flexibility index (Phi) is 20.2. The van der Waals surface area contributed by atoms with E-state index in [0.29, 0.717) is 70.2 Å². The Balaban J connectivity index is 1.90. The van der Waals surface area contributed by atoms with E-state index in [2.05, 4.69) is 34.8 Å². The van der Waals surface area contributed by atoms with Crippen LogP contribution in [0.3, 0.4) is 0 Å². The van der Waals surface area contributed by atoms with Gasteiger partial charge in [0.15, 0.2) is 0 Å². The van der Waals surface area contributed by atoms with Gasteiger partial charge < -0.3 is 47.1 Å². The van der Waals surface area contributed by atoms with E-state index in [1.165, 1.54) is 0 Å². The average Bonchev–Trinajstić information content (AvgIpc) is 3.13. The van der Waals surface area contributed by atoms with Gasteiger partial charge >= 0.3 is 21.3 Å². The van der Waals surface area contributed by atoms with E-state index < -0.39 is 69.4 Å². The summed E-state index contributed by atoms with van der Waals surface area (Å²) in [6.07, 6.45) is 1.25. The van der Waals surface area contributed by atoms with Crippen LogP contribution >= 0.6 is 15.2 Å². The number of unbranched alkanes of at least 4 members (excludes halogenated alkanes) is 1. The molecule has 2 aliphatic rings. The summed E-state index contributed by atoms with van der Waals surface area (Å²) in [4.78, 5) is 17.1. The van der Waals surface area contributed by atoms with Crippen molar-refractivity contribution < 1.29 is 55.7 Å². The van der Waals surface area contributed by atoms with E-state index in [0.717, 1.165) is 28.3 Å². The van der Waals surface area contributed by atoms with Gasteiger partial charge in [-0.3, -0.25) is 18.9 Å². The van der Waals surface area contributed by atoms with E-state index in [1.807, 2.05) is 147 Å². The fraction of sp³-hybridized carbons (Fsp3) is 0.750. The van der Waals surface area contributed by atoms with Crippen LogP contribution in [-0.4, -0.2) is 96.3 Å². The number of ether oxygens (including phenoxy) is 5. The summed E-state index contributed by atoms with van der Waals surface area (Å²) in [5.41, 5.74) is 0.261. The number of carbonyl (C=O) groups excluding carboxylic acids is 1. The molecule has 2 aromatic carbocycles. The van der Waals surface area contributed by atoms with E-state index in [9.17, 15) is 4.79 Å². The number of rotatable bonds is 23. The lowest BCUT2D eigenvalue weighted by molar-refractivity contribution is -0.181. The van der Waals surface area contributed by atoms with E-state index >= 15 is 9.13 Å². The number of hydrogen-bond acceptors (Lipinski definition) is 14. The molecule has 0 radical (unpaired) electrons. The zero-order chi connectivity index (χ0) is 52.8. The van der Waals surface area contributed by atoms with E-state index in [1.54, 1.807) is 0 Å². The van der Waals surface area contributed by atoms with Crippen LogP contribution in [0.1, 0.15) is 152 Å². The lowest BCUT2D eigenvalue weighted by Gasteiger charge is -2.41. The predicted molar refractivity (Wildman–Crippen MR) is 281 cm³/mol. The van der Waals surface area contributed by atoms with Gasteiger partial charge in [-0.05, 0) is 102 Å². The molecule has 2 aromatic rings. The number of nitrogens with zero attached hydrogens (tertiary/aromatic N) is 2. The number of para-hydroxylation sites is 2. The molecule has 70 heavy (non-hydrogen) atoms. The molecular weight excluding hydrogens is 949 g/mol. The summed E-state index contributed by atoms with van der Waals surface area (Å²) < 4.78 is 87.7. The topological polar surface area (TPSA) is 153 Å². The zero-order valence-electron chi connectivity index (χ0n) is 46.4. The molecule has 0 saturated heterocycles. The first-order chi connectivity index (χ1) is 31.8. The summed E-state index contributed by atoms with van der Waals surface area (Å²) in [6, 6.07) is 12.5. The van der Waals surface area contributed by atoms with Crippen LogP contribution in [0.5, 0.6) is 11.5 Å². The predicted octanol–water partition coefficient (Wildman–Crippen LogP) is 13.4. The highest BCUT2D eigenvalue weighted by molar-refractivity contribution is 7.54. The first-order valence-electron chi connectivity index (χ1n) is 25.1. The molecule has 1 atom stereocenters. The van der Waals surface area contributed by atoms with Gasteiger partial charge in [0.1, 0.15) is 24.1 Å². The molecule has 0 saturated carbocycles. The van der Waals surface area contributed by atoms with Crippen LogP contribution in [-0.2, 0) is 67.7 Å². The van der Waals surface area contributed by atoms with Crippen molar-refractivity contribution in [3.05, 3.63) is 58.7 Å². The Bertz CT molecular complexity index is 2100. The standard InChI is InChI=1S/C52H91N3O12P2Si/c1-47(2,3)64-68(57,65-48(4,5)6)37-54(32-39-24-22-26-41-35-60-51(13,14)62-44(39)41)34-43(28-20-21-29-53-46(56)59-30-31-70(17,18)19)55(38-69(58,66-49(7,8)9)67-50(10,11)12)33-40-25-23-27-42-36-61-52(15,16)63-45(40)42/h22-27,43H,20-21,28-38H2,1-19H3,(H,53,56)/t43-/m0/s1. The summed E-state index contributed by atoms with van der Waals surface area (Å²) >= 11 is 0. The minimum Gasteiger partial charge on any atom is -0.462 e. The van der Waals surface area contributed by atoms with Crippen molar-refractivity contribution in [2.45, 2.75) is 222 Å². The van der Waals surface area contributed by atoms with Crippen LogP contribution in [0, 0.1) is 0 Å². The van der Waals surface area contributed by atoms with Crippen LogP contribution in [0.25, 0.3) is 0 Å². The van der Waals surface area contributed by atoms with E-state index in [-0.39, 0.29) is 19.1 Å². The molecule has 2 aliphatic heterocycles. The molecule has 0 bridgehead atoms. The third-order valence-electron chi connectivity index (χ3n) is 10.7. The largest absolute Gasteiger partial charge is 0.462 e. The number of carbonyl (C=O) groups is 1. The van der Waals surface area contributed by atoms with Crippen molar-refractivity contribution in [1.82, 2.24) is 15.1 Å². The highest BCUT2D eigenvalue weighted by atomic mass is 31.2. The van der Waals surface area contributed by atoms with Crippen molar-refractivity contribution in [3.8, 4) is 11.5 Å². The van der Waals surface area contributed by atoms with Crippen molar-refractivity contribution in [2.24, 2.45) is 0 Å². The van der Waals surface area contributed by atoms with Crippen molar-refractivity contribution >= 4 is 29.4 Å². The molecule has 2 heterocycles. The maximum Gasteiger partial charge on any atom is 0.407 e. The fourth-order valence-corrected chi connectivity index (χ4v) is 14.0. The maximum absolute atomic E-state index is 15.6. The Morgan fingerprint density at radius 3 is 1.57 bits per heavy atom. The normalized spacial score (nSPS) is 17.1. The SMILES string of the molecule is CC(C)(C)OP(=O)(CN(Cc1cccc2c1OC(C)(C)OC2)C[C@H](CCCCNC(=O)OCC[Si](C)(C)C)N(Cc1cccc2c1OC(C)(C)OC2)CP(=O)(OC(C)(C)C)OC(C)(C)C)OC(C)(C)C.